The van der Waals surface area contributed by atoms with E-state index >= 15 is 0 Å². The summed E-state index contributed by atoms with van der Waals surface area (Å²) in [4.78, 5) is 16.3. The summed E-state index contributed by atoms with van der Waals surface area (Å²) in [5.74, 6) is 0.167. The first-order valence-corrected chi connectivity index (χ1v) is 9.90. The van der Waals surface area contributed by atoms with Crippen LogP contribution in [0.4, 0.5) is 0 Å². The number of carbonyl (C=O) groups excluding carboxylic acids is 1. The second-order valence-electron chi connectivity index (χ2n) is 7.41. The van der Waals surface area contributed by atoms with Gasteiger partial charge in [-0.15, -0.1) is 0 Å². The summed E-state index contributed by atoms with van der Waals surface area (Å²) < 4.78 is 21.7. The lowest BCUT2D eigenvalue weighted by molar-refractivity contribution is -0.272. The van der Waals surface area contributed by atoms with Crippen LogP contribution in [0.15, 0.2) is 34.7 Å². The van der Waals surface area contributed by atoms with Gasteiger partial charge in [0.05, 0.1) is 26.0 Å². The van der Waals surface area contributed by atoms with Gasteiger partial charge in [-0.2, -0.15) is 0 Å². The van der Waals surface area contributed by atoms with Crippen LogP contribution in [-0.2, 0) is 25.4 Å². The normalized spacial score (nSPS) is 22.2. The van der Waals surface area contributed by atoms with Gasteiger partial charge in [-0.05, 0) is 38.3 Å². The minimum Gasteiger partial charge on any atom is -0.465 e. The third kappa shape index (κ3) is 5.00. The van der Waals surface area contributed by atoms with Gasteiger partial charge in [0.15, 0.2) is 0 Å². The third-order valence-corrected chi connectivity index (χ3v) is 5.18. The van der Waals surface area contributed by atoms with Gasteiger partial charge in [0.25, 0.3) is 5.79 Å². The van der Waals surface area contributed by atoms with E-state index in [1.165, 1.54) is 7.11 Å². The second kappa shape index (κ2) is 9.34. The first-order valence-electron chi connectivity index (χ1n) is 9.90. The molecule has 1 aliphatic rings. The van der Waals surface area contributed by atoms with Crippen molar-refractivity contribution >= 4 is 5.97 Å². The molecule has 0 N–H and O–H groups in total. The number of nitrogens with zero attached hydrogens (tertiary/aromatic N) is 1. The zero-order valence-electron chi connectivity index (χ0n) is 16.9. The Bertz CT molecular complexity index is 762. The van der Waals surface area contributed by atoms with E-state index in [9.17, 15) is 4.79 Å². The molecule has 0 spiro atoms. The van der Waals surface area contributed by atoms with Crippen LogP contribution in [-0.4, -0.2) is 37.1 Å². The Morgan fingerprint density at radius 3 is 2.57 bits per heavy atom. The molecular weight excluding hydrogens is 358 g/mol. The fraction of sp³-hybridized carbons (Fsp3) is 0.545. The average Bonchev–Trinajstić information content (AvgIpc) is 3.10. The fourth-order valence-corrected chi connectivity index (χ4v) is 3.38. The van der Waals surface area contributed by atoms with Crippen molar-refractivity contribution in [1.29, 1.82) is 0 Å². The maximum Gasteiger partial charge on any atom is 0.366 e. The van der Waals surface area contributed by atoms with Gasteiger partial charge < -0.3 is 18.6 Å². The number of esters is 1. The molecule has 1 aromatic carbocycles. The maximum atomic E-state index is 11.7. The molecule has 6 heteroatoms. The van der Waals surface area contributed by atoms with Crippen molar-refractivity contribution in [3.8, 4) is 11.5 Å². The molecule has 0 unspecified atom stereocenters. The van der Waals surface area contributed by atoms with Crippen LogP contribution in [0.2, 0.25) is 0 Å². The fourth-order valence-electron chi connectivity index (χ4n) is 3.38. The number of hydrogen-bond acceptors (Lipinski definition) is 6. The number of benzene rings is 1. The summed E-state index contributed by atoms with van der Waals surface area (Å²) in [6.45, 7) is 4.63. The van der Waals surface area contributed by atoms with E-state index in [4.69, 9.17) is 18.6 Å². The molecule has 28 heavy (non-hydrogen) atoms. The van der Waals surface area contributed by atoms with Gasteiger partial charge in [0, 0.05) is 18.4 Å². The quantitative estimate of drug-likeness (QED) is 0.497. The van der Waals surface area contributed by atoms with E-state index in [2.05, 4.69) is 4.98 Å². The summed E-state index contributed by atoms with van der Waals surface area (Å²) in [6.07, 6.45) is 5.20. The number of methoxy groups -OCH3 is 1. The molecule has 0 saturated carbocycles. The lowest BCUT2D eigenvalue weighted by atomic mass is 10.0. The van der Waals surface area contributed by atoms with Crippen molar-refractivity contribution in [3.05, 3.63) is 41.8 Å². The van der Waals surface area contributed by atoms with E-state index in [-0.39, 0.29) is 0 Å². The molecule has 6 nitrogen and oxygen atoms in total. The Labute approximate surface area is 166 Å². The van der Waals surface area contributed by atoms with Crippen LogP contribution in [0.25, 0.3) is 11.5 Å². The molecule has 0 radical (unpaired) electrons. The Kier molecular flexibility index (Phi) is 6.86. The van der Waals surface area contributed by atoms with Crippen LogP contribution in [0.5, 0.6) is 0 Å². The van der Waals surface area contributed by atoms with Crippen LogP contribution < -0.4 is 0 Å². The van der Waals surface area contributed by atoms with Crippen molar-refractivity contribution < 1.29 is 23.4 Å². The zero-order valence-corrected chi connectivity index (χ0v) is 16.9. The largest absolute Gasteiger partial charge is 0.465 e. The van der Waals surface area contributed by atoms with Crippen molar-refractivity contribution in [3.63, 3.8) is 0 Å². The molecule has 0 bridgehead atoms. The first kappa shape index (κ1) is 20.6. The summed E-state index contributed by atoms with van der Waals surface area (Å²) in [5.41, 5.74) is 2.05. The van der Waals surface area contributed by atoms with Crippen LogP contribution >= 0.6 is 0 Å². The minimum absolute atomic E-state index is 0.316. The molecule has 1 fully saturated rings. The molecule has 1 aliphatic heterocycles. The van der Waals surface area contributed by atoms with E-state index in [0.717, 1.165) is 49.1 Å². The SMILES string of the molecule is COC(=O)[C@]1(C)OC[C@H](CCCCCc2nc(-c3ccccc3)oc2C)CO1. The zero-order chi connectivity index (χ0) is 20.0. The summed E-state index contributed by atoms with van der Waals surface area (Å²) in [6, 6.07) is 9.98. The minimum atomic E-state index is -1.26. The molecule has 0 aliphatic carbocycles. The Hall–Kier alpha value is -2.18. The third-order valence-electron chi connectivity index (χ3n) is 5.18. The summed E-state index contributed by atoms with van der Waals surface area (Å²) in [5, 5.41) is 0. The van der Waals surface area contributed by atoms with Gasteiger partial charge in [-0.3, -0.25) is 0 Å². The highest BCUT2D eigenvalue weighted by Gasteiger charge is 2.41. The molecule has 2 aromatic rings. The van der Waals surface area contributed by atoms with E-state index in [1.807, 2.05) is 37.3 Å². The molecule has 1 saturated heterocycles. The highest BCUT2D eigenvalue weighted by molar-refractivity contribution is 5.77. The second-order valence-corrected chi connectivity index (χ2v) is 7.41. The molecule has 0 amide bonds. The van der Waals surface area contributed by atoms with Crippen molar-refractivity contribution in [1.82, 2.24) is 4.98 Å². The lowest BCUT2D eigenvalue weighted by Gasteiger charge is -2.35. The van der Waals surface area contributed by atoms with Gasteiger partial charge in [0.2, 0.25) is 5.89 Å². The van der Waals surface area contributed by atoms with E-state index in [0.29, 0.717) is 25.0 Å². The van der Waals surface area contributed by atoms with Gasteiger partial charge >= 0.3 is 5.97 Å². The van der Waals surface area contributed by atoms with Crippen molar-refractivity contribution in [2.45, 2.75) is 51.7 Å². The number of ether oxygens (including phenoxy) is 3. The number of unbranched alkanes of at least 4 members (excludes halogenated alkanes) is 2. The molecule has 152 valence electrons. The van der Waals surface area contributed by atoms with E-state index < -0.39 is 11.8 Å². The highest BCUT2D eigenvalue weighted by Crippen LogP contribution is 2.26. The van der Waals surface area contributed by atoms with Gasteiger partial charge in [-0.1, -0.05) is 31.0 Å². The van der Waals surface area contributed by atoms with Crippen molar-refractivity contribution in [2.75, 3.05) is 20.3 Å². The number of rotatable bonds is 8. The van der Waals surface area contributed by atoms with Gasteiger partial charge in [0.1, 0.15) is 5.76 Å². The Balaban J connectivity index is 1.37. The monoisotopic (exact) mass is 387 g/mol. The van der Waals surface area contributed by atoms with Crippen LogP contribution in [0, 0.1) is 12.8 Å². The molecular formula is C22H29NO5. The highest BCUT2D eigenvalue weighted by atomic mass is 16.7. The Morgan fingerprint density at radius 2 is 1.89 bits per heavy atom. The molecule has 0 atom stereocenters. The maximum absolute atomic E-state index is 11.7. The molecule has 1 aromatic heterocycles. The predicted octanol–water partition coefficient (Wildman–Crippen LogP) is 4.31. The summed E-state index contributed by atoms with van der Waals surface area (Å²) in [7, 11) is 1.34. The van der Waals surface area contributed by atoms with Crippen LogP contribution in [0.3, 0.4) is 0 Å². The lowest BCUT2D eigenvalue weighted by Crippen LogP contribution is -2.48. The van der Waals surface area contributed by atoms with Crippen molar-refractivity contribution in [2.24, 2.45) is 5.92 Å². The predicted molar refractivity (Wildman–Crippen MR) is 105 cm³/mol. The number of aryl methyl sites for hydroxylation is 2. The smallest absolute Gasteiger partial charge is 0.366 e. The number of aromatic nitrogens is 1. The first-order chi connectivity index (χ1) is 13.5. The molecule has 3 rings (SSSR count). The number of carbonyl (C=O) groups is 1. The van der Waals surface area contributed by atoms with Gasteiger partial charge in [-0.25, -0.2) is 9.78 Å². The van der Waals surface area contributed by atoms with E-state index in [1.54, 1.807) is 6.92 Å². The number of hydrogen-bond donors (Lipinski definition) is 0. The molecule has 2 heterocycles. The summed E-state index contributed by atoms with van der Waals surface area (Å²) >= 11 is 0. The van der Waals surface area contributed by atoms with Crippen LogP contribution in [0.1, 0.15) is 44.1 Å². The Morgan fingerprint density at radius 1 is 1.18 bits per heavy atom. The average molecular weight is 387 g/mol. The number of oxazole rings is 1. The topological polar surface area (TPSA) is 70.8 Å². The standard InChI is InChI=1S/C22H29NO5/c1-16-19(23-20(28-16)18-11-7-5-8-12-18)13-9-4-6-10-17-14-26-22(2,27-15-17)21(24)25-3/h5,7-8,11-12,17H,4,6,9-10,13-15H2,1-3H3/t17-,22+.